The molecule has 1 amide bonds. The van der Waals surface area contributed by atoms with Crippen molar-refractivity contribution in [2.45, 2.75) is 23.8 Å². The minimum atomic E-state index is -4.02. The fourth-order valence-electron chi connectivity index (χ4n) is 2.92. The summed E-state index contributed by atoms with van der Waals surface area (Å²) < 4.78 is 41.0. The lowest BCUT2D eigenvalue weighted by Gasteiger charge is -2.30. The lowest BCUT2D eigenvalue weighted by Crippen LogP contribution is -2.45. The number of halogens is 1. The second-order valence-corrected chi connectivity index (χ2v) is 7.95. The third-order valence-electron chi connectivity index (χ3n) is 4.25. The van der Waals surface area contributed by atoms with Gasteiger partial charge in [-0.25, -0.2) is 12.8 Å². The van der Waals surface area contributed by atoms with Crippen LogP contribution in [0.25, 0.3) is 0 Å². The van der Waals surface area contributed by atoms with Crippen LogP contribution in [-0.4, -0.2) is 38.4 Å². The second kappa shape index (κ2) is 7.43. The Morgan fingerprint density at radius 3 is 2.69 bits per heavy atom. The van der Waals surface area contributed by atoms with E-state index < -0.39 is 15.8 Å². The summed E-state index contributed by atoms with van der Waals surface area (Å²) in [6.07, 6.45) is 1.69. The van der Waals surface area contributed by atoms with Crippen LogP contribution in [0.1, 0.15) is 23.2 Å². The van der Waals surface area contributed by atoms with Gasteiger partial charge in [0.25, 0.3) is 15.9 Å². The van der Waals surface area contributed by atoms with Crippen molar-refractivity contribution < 1.29 is 17.6 Å². The molecule has 6 nitrogen and oxygen atoms in total. The van der Waals surface area contributed by atoms with Gasteiger partial charge >= 0.3 is 0 Å². The lowest BCUT2D eigenvalue weighted by molar-refractivity contribution is 0.0708. The number of nitrogens with zero attached hydrogens (tertiary/aromatic N) is 1. The number of para-hydroxylation sites is 1. The van der Waals surface area contributed by atoms with Gasteiger partial charge < -0.3 is 10.6 Å². The molecule has 0 radical (unpaired) electrons. The number of benzene rings is 2. The van der Waals surface area contributed by atoms with E-state index in [1.54, 1.807) is 11.0 Å². The van der Waals surface area contributed by atoms with Gasteiger partial charge in [0.2, 0.25) is 0 Å². The molecule has 0 bridgehead atoms. The minimum absolute atomic E-state index is 0.0673. The van der Waals surface area contributed by atoms with E-state index in [0.29, 0.717) is 13.1 Å². The maximum Gasteiger partial charge on any atom is 0.262 e. The Kier molecular flexibility index (Phi) is 5.24. The quantitative estimate of drug-likeness (QED) is 0.854. The highest BCUT2D eigenvalue weighted by Crippen LogP contribution is 2.21. The molecular formula is C18H20FN3O3S. The van der Waals surface area contributed by atoms with Crippen LogP contribution < -0.4 is 10.5 Å². The van der Waals surface area contributed by atoms with Gasteiger partial charge in [-0.1, -0.05) is 18.2 Å². The highest BCUT2D eigenvalue weighted by atomic mass is 32.2. The van der Waals surface area contributed by atoms with E-state index in [0.717, 1.165) is 18.9 Å². The normalized spacial score (nSPS) is 17.8. The number of hydrogen-bond acceptors (Lipinski definition) is 4. The Morgan fingerprint density at radius 2 is 1.96 bits per heavy atom. The van der Waals surface area contributed by atoms with Crippen LogP contribution in [0.3, 0.4) is 0 Å². The number of amides is 1. The van der Waals surface area contributed by atoms with E-state index in [9.17, 15) is 17.6 Å². The van der Waals surface area contributed by atoms with E-state index >= 15 is 0 Å². The molecule has 0 aliphatic carbocycles. The maximum atomic E-state index is 13.7. The third kappa shape index (κ3) is 4.03. The van der Waals surface area contributed by atoms with Crippen LogP contribution in [0.15, 0.2) is 53.4 Å². The zero-order valence-corrected chi connectivity index (χ0v) is 14.9. The average Bonchev–Trinajstić information content (AvgIpc) is 2.63. The van der Waals surface area contributed by atoms with E-state index in [-0.39, 0.29) is 28.1 Å². The van der Waals surface area contributed by atoms with Gasteiger partial charge in [0.1, 0.15) is 5.82 Å². The van der Waals surface area contributed by atoms with Crippen molar-refractivity contribution in [3.8, 4) is 0 Å². The summed E-state index contributed by atoms with van der Waals surface area (Å²) in [6.45, 7) is 1.04. The highest BCUT2D eigenvalue weighted by Gasteiger charge is 2.24. The van der Waals surface area contributed by atoms with Crippen molar-refractivity contribution in [1.29, 1.82) is 0 Å². The van der Waals surface area contributed by atoms with Gasteiger partial charge in [0.05, 0.1) is 10.6 Å². The van der Waals surface area contributed by atoms with E-state index in [1.165, 1.54) is 36.4 Å². The van der Waals surface area contributed by atoms with Crippen molar-refractivity contribution in [2.24, 2.45) is 5.73 Å². The van der Waals surface area contributed by atoms with Crippen LogP contribution >= 0.6 is 0 Å². The Balaban J connectivity index is 1.84. The average molecular weight is 377 g/mol. The van der Waals surface area contributed by atoms with Crippen LogP contribution in [0.2, 0.25) is 0 Å². The summed E-state index contributed by atoms with van der Waals surface area (Å²) in [5.74, 6) is -0.936. The molecule has 1 atom stereocenters. The Labute approximate surface area is 151 Å². The maximum absolute atomic E-state index is 13.7. The molecular weight excluding hydrogens is 357 g/mol. The van der Waals surface area contributed by atoms with Crippen molar-refractivity contribution in [1.82, 2.24) is 4.90 Å². The summed E-state index contributed by atoms with van der Waals surface area (Å²) in [5.41, 5.74) is 6.02. The molecule has 0 saturated carbocycles. The highest BCUT2D eigenvalue weighted by molar-refractivity contribution is 7.92. The molecule has 1 saturated heterocycles. The fraction of sp³-hybridized carbons (Fsp3) is 0.278. The Bertz CT molecular complexity index is 917. The van der Waals surface area contributed by atoms with E-state index in [2.05, 4.69) is 4.72 Å². The molecule has 1 heterocycles. The van der Waals surface area contributed by atoms with Crippen molar-refractivity contribution >= 4 is 21.6 Å². The first-order chi connectivity index (χ1) is 12.4. The number of carbonyl (C=O) groups is 1. The molecule has 1 aliphatic rings. The number of carbonyl (C=O) groups excluding carboxylic acids is 1. The summed E-state index contributed by atoms with van der Waals surface area (Å²) in [6, 6.07) is 11.1. The number of piperidine rings is 1. The van der Waals surface area contributed by atoms with Crippen molar-refractivity contribution in [3.63, 3.8) is 0 Å². The van der Waals surface area contributed by atoms with Crippen LogP contribution in [-0.2, 0) is 10.0 Å². The Hall–Kier alpha value is -2.45. The van der Waals surface area contributed by atoms with Crippen LogP contribution in [0.4, 0.5) is 10.1 Å². The zero-order chi connectivity index (χ0) is 18.7. The molecule has 3 rings (SSSR count). The predicted molar refractivity (Wildman–Crippen MR) is 96.8 cm³/mol. The zero-order valence-electron chi connectivity index (χ0n) is 14.1. The first-order valence-electron chi connectivity index (χ1n) is 8.29. The van der Waals surface area contributed by atoms with Gasteiger partial charge in [0, 0.05) is 24.7 Å². The molecule has 0 spiro atoms. The molecule has 1 aliphatic heterocycles. The van der Waals surface area contributed by atoms with Gasteiger partial charge in [0.15, 0.2) is 0 Å². The standard InChI is InChI=1S/C18H20FN3O3S/c19-16-8-1-2-9-17(16)21-26(24,25)15-7-3-5-13(11-15)18(23)22-10-4-6-14(20)12-22/h1-3,5,7-9,11,14,21H,4,6,10,12,20H2. The number of likely N-dealkylation sites (tertiary alicyclic amines) is 1. The fourth-order valence-corrected chi connectivity index (χ4v) is 4.03. The Morgan fingerprint density at radius 1 is 1.19 bits per heavy atom. The van der Waals surface area contributed by atoms with Gasteiger partial charge in [-0.2, -0.15) is 0 Å². The molecule has 8 heteroatoms. The molecule has 26 heavy (non-hydrogen) atoms. The van der Waals surface area contributed by atoms with Crippen molar-refractivity contribution in [3.05, 3.63) is 59.9 Å². The molecule has 1 unspecified atom stereocenters. The number of nitrogens with one attached hydrogen (secondary N) is 1. The van der Waals surface area contributed by atoms with E-state index in [4.69, 9.17) is 5.73 Å². The SMILES string of the molecule is NC1CCCN(C(=O)c2cccc(S(=O)(=O)Nc3ccccc3F)c2)C1. The van der Waals surface area contributed by atoms with Crippen molar-refractivity contribution in [2.75, 3.05) is 17.8 Å². The number of sulfonamides is 1. The first-order valence-corrected chi connectivity index (χ1v) is 9.77. The molecule has 2 aromatic carbocycles. The summed E-state index contributed by atoms with van der Waals surface area (Å²) in [5, 5.41) is 0. The van der Waals surface area contributed by atoms with Crippen LogP contribution in [0.5, 0.6) is 0 Å². The van der Waals surface area contributed by atoms with Gasteiger partial charge in [-0.05, 0) is 43.2 Å². The molecule has 138 valence electrons. The molecule has 2 aromatic rings. The molecule has 1 fully saturated rings. The van der Waals surface area contributed by atoms with E-state index in [1.807, 2.05) is 0 Å². The monoisotopic (exact) mass is 377 g/mol. The number of anilines is 1. The summed E-state index contributed by atoms with van der Waals surface area (Å²) >= 11 is 0. The number of rotatable bonds is 4. The second-order valence-electron chi connectivity index (χ2n) is 6.27. The molecule has 3 N–H and O–H groups in total. The third-order valence-corrected chi connectivity index (χ3v) is 5.62. The minimum Gasteiger partial charge on any atom is -0.337 e. The topological polar surface area (TPSA) is 92.5 Å². The number of hydrogen-bond donors (Lipinski definition) is 2. The summed E-state index contributed by atoms with van der Waals surface area (Å²) in [4.78, 5) is 14.2. The summed E-state index contributed by atoms with van der Waals surface area (Å²) in [7, 11) is -4.02. The number of nitrogens with two attached hydrogens (primary N) is 1. The predicted octanol–water partition coefficient (Wildman–Crippen LogP) is 2.19. The smallest absolute Gasteiger partial charge is 0.262 e. The lowest BCUT2D eigenvalue weighted by atomic mass is 10.1. The largest absolute Gasteiger partial charge is 0.337 e. The van der Waals surface area contributed by atoms with Gasteiger partial charge in [-0.15, -0.1) is 0 Å². The molecule has 0 aromatic heterocycles. The van der Waals surface area contributed by atoms with Crippen LogP contribution in [0, 0.1) is 5.82 Å². The first kappa shape index (κ1) is 18.3. The van der Waals surface area contributed by atoms with Gasteiger partial charge in [-0.3, -0.25) is 9.52 Å².